The molecule has 0 atom stereocenters. The molecule has 0 N–H and O–H groups in total. The highest BCUT2D eigenvalue weighted by Crippen LogP contribution is 2.52. The highest BCUT2D eigenvalue weighted by molar-refractivity contribution is 5.98. The second-order valence-corrected chi connectivity index (χ2v) is 13.7. The third-order valence-electron chi connectivity index (χ3n) is 10.5. The summed E-state index contributed by atoms with van der Waals surface area (Å²) in [6.45, 7) is 4.72. The van der Waals surface area contributed by atoms with Crippen molar-refractivity contribution in [3.8, 4) is 44.5 Å². The SMILES string of the molecule is CC1(C)c2ccccc2-c2cccc(-c3ccc(N(c4ccccc4)c4ccccc4-c4cccc(-c5cccc6ccccc56)c4)cc3)c21. The average molecular weight is 640 g/mol. The van der Waals surface area contributed by atoms with Crippen molar-refractivity contribution in [2.75, 3.05) is 4.90 Å². The molecule has 238 valence electrons. The van der Waals surface area contributed by atoms with Gasteiger partial charge in [-0.1, -0.05) is 166 Å². The summed E-state index contributed by atoms with van der Waals surface area (Å²) in [7, 11) is 0. The van der Waals surface area contributed by atoms with Crippen LogP contribution in [0.1, 0.15) is 25.0 Å². The summed E-state index contributed by atoms with van der Waals surface area (Å²) in [6, 6.07) is 68.5. The summed E-state index contributed by atoms with van der Waals surface area (Å²) in [5.41, 5.74) is 16.2. The number of nitrogens with zero attached hydrogens (tertiary/aromatic N) is 1. The van der Waals surface area contributed by atoms with E-state index < -0.39 is 0 Å². The van der Waals surface area contributed by atoms with E-state index in [0.717, 1.165) is 17.1 Å². The summed E-state index contributed by atoms with van der Waals surface area (Å²) < 4.78 is 0. The molecule has 8 aromatic rings. The van der Waals surface area contributed by atoms with Gasteiger partial charge in [0.1, 0.15) is 0 Å². The van der Waals surface area contributed by atoms with E-state index in [1.165, 1.54) is 66.4 Å². The van der Waals surface area contributed by atoms with Gasteiger partial charge in [0, 0.05) is 22.4 Å². The van der Waals surface area contributed by atoms with Gasteiger partial charge >= 0.3 is 0 Å². The van der Waals surface area contributed by atoms with Crippen molar-refractivity contribution in [1.82, 2.24) is 0 Å². The Bertz CT molecular complexity index is 2500. The molecule has 0 saturated carbocycles. The highest BCUT2D eigenvalue weighted by atomic mass is 15.1. The summed E-state index contributed by atoms with van der Waals surface area (Å²) >= 11 is 0. The van der Waals surface area contributed by atoms with Crippen LogP contribution in [0, 0.1) is 0 Å². The topological polar surface area (TPSA) is 3.24 Å². The average Bonchev–Trinajstić information content (AvgIpc) is 3.42. The van der Waals surface area contributed by atoms with E-state index in [4.69, 9.17) is 0 Å². The monoisotopic (exact) mass is 639 g/mol. The Labute approximate surface area is 294 Å². The molecule has 1 aliphatic rings. The van der Waals surface area contributed by atoms with Gasteiger partial charge in [0.2, 0.25) is 0 Å². The van der Waals surface area contributed by atoms with Gasteiger partial charge in [-0.25, -0.2) is 0 Å². The summed E-state index contributed by atoms with van der Waals surface area (Å²) in [4.78, 5) is 2.39. The van der Waals surface area contributed by atoms with Gasteiger partial charge in [-0.05, 0) is 97.2 Å². The molecule has 0 unspecified atom stereocenters. The van der Waals surface area contributed by atoms with Gasteiger partial charge in [-0.3, -0.25) is 0 Å². The molecule has 0 aromatic heterocycles. The maximum atomic E-state index is 2.39. The standard InChI is InChI=1S/C49H37N/c1-49(2)46-27-10-8-23-44(46)45-26-14-25-43(48(45)49)35-29-31-39(32-30-35)50(38-19-4-3-5-20-38)47-28-11-9-22-42(47)37-18-12-17-36(33-37)41-24-13-16-34-15-6-7-21-40(34)41/h3-33H,1-2H3. The van der Waals surface area contributed by atoms with E-state index in [2.05, 4.69) is 207 Å². The van der Waals surface area contributed by atoms with Crippen molar-refractivity contribution >= 4 is 27.8 Å². The lowest BCUT2D eigenvalue weighted by atomic mass is 9.79. The number of rotatable bonds is 6. The molecular weight excluding hydrogens is 603 g/mol. The number of para-hydroxylation sites is 2. The normalized spacial score (nSPS) is 12.8. The van der Waals surface area contributed by atoms with Crippen LogP contribution < -0.4 is 4.90 Å². The van der Waals surface area contributed by atoms with Crippen LogP contribution in [-0.4, -0.2) is 0 Å². The number of fused-ring (bicyclic) bond motifs is 4. The Kier molecular flexibility index (Phi) is 7.21. The number of benzene rings is 8. The Morgan fingerprint density at radius 2 is 0.940 bits per heavy atom. The molecule has 0 bridgehead atoms. The molecule has 0 saturated heterocycles. The van der Waals surface area contributed by atoms with E-state index in [0.29, 0.717) is 0 Å². The number of anilines is 3. The van der Waals surface area contributed by atoms with Crippen LogP contribution in [0.5, 0.6) is 0 Å². The van der Waals surface area contributed by atoms with Crippen LogP contribution in [0.3, 0.4) is 0 Å². The first kappa shape index (κ1) is 29.9. The first-order chi connectivity index (χ1) is 24.6. The van der Waals surface area contributed by atoms with E-state index >= 15 is 0 Å². The highest BCUT2D eigenvalue weighted by Gasteiger charge is 2.37. The predicted molar refractivity (Wildman–Crippen MR) is 213 cm³/mol. The lowest BCUT2D eigenvalue weighted by molar-refractivity contribution is 0.662. The van der Waals surface area contributed by atoms with E-state index in [1.54, 1.807) is 0 Å². The Hall–Kier alpha value is -6.18. The minimum atomic E-state index is -0.0726. The van der Waals surface area contributed by atoms with Gasteiger partial charge in [0.05, 0.1) is 5.69 Å². The van der Waals surface area contributed by atoms with E-state index in [-0.39, 0.29) is 5.41 Å². The van der Waals surface area contributed by atoms with Gasteiger partial charge in [0.15, 0.2) is 0 Å². The minimum absolute atomic E-state index is 0.0726. The molecule has 1 aliphatic carbocycles. The maximum absolute atomic E-state index is 2.39. The van der Waals surface area contributed by atoms with Crippen LogP contribution in [0.2, 0.25) is 0 Å². The zero-order chi connectivity index (χ0) is 33.7. The predicted octanol–water partition coefficient (Wildman–Crippen LogP) is 13.6. The summed E-state index contributed by atoms with van der Waals surface area (Å²) in [6.07, 6.45) is 0. The summed E-state index contributed by atoms with van der Waals surface area (Å²) in [5.74, 6) is 0. The van der Waals surface area contributed by atoms with Gasteiger partial charge in [-0.2, -0.15) is 0 Å². The Morgan fingerprint density at radius 1 is 0.380 bits per heavy atom. The van der Waals surface area contributed by atoms with Crippen molar-refractivity contribution in [2.45, 2.75) is 19.3 Å². The molecule has 1 nitrogen and oxygen atoms in total. The first-order valence-electron chi connectivity index (χ1n) is 17.4. The van der Waals surface area contributed by atoms with Crippen molar-refractivity contribution in [1.29, 1.82) is 0 Å². The Morgan fingerprint density at radius 3 is 1.78 bits per heavy atom. The molecule has 9 rings (SSSR count). The van der Waals surface area contributed by atoms with Crippen molar-refractivity contribution in [3.05, 3.63) is 199 Å². The molecule has 8 aromatic carbocycles. The molecule has 0 aliphatic heterocycles. The maximum Gasteiger partial charge on any atom is 0.0540 e. The fraction of sp³-hybridized carbons (Fsp3) is 0.0612. The molecular formula is C49H37N. The van der Waals surface area contributed by atoms with Crippen molar-refractivity contribution in [2.24, 2.45) is 0 Å². The molecule has 1 heteroatoms. The second kappa shape index (κ2) is 12.1. The minimum Gasteiger partial charge on any atom is -0.310 e. The molecule has 0 fully saturated rings. The molecule has 0 amide bonds. The third kappa shape index (κ3) is 4.94. The lowest BCUT2D eigenvalue weighted by Crippen LogP contribution is -2.16. The fourth-order valence-electron chi connectivity index (χ4n) is 8.13. The van der Waals surface area contributed by atoms with Gasteiger partial charge in [-0.15, -0.1) is 0 Å². The van der Waals surface area contributed by atoms with Crippen molar-refractivity contribution < 1.29 is 0 Å². The first-order valence-corrected chi connectivity index (χ1v) is 17.4. The van der Waals surface area contributed by atoms with Crippen LogP contribution in [0.25, 0.3) is 55.3 Å². The smallest absolute Gasteiger partial charge is 0.0540 e. The van der Waals surface area contributed by atoms with Crippen LogP contribution >= 0.6 is 0 Å². The fourth-order valence-corrected chi connectivity index (χ4v) is 8.13. The second-order valence-electron chi connectivity index (χ2n) is 13.7. The molecule has 0 heterocycles. The zero-order valence-electron chi connectivity index (χ0n) is 28.3. The lowest BCUT2D eigenvalue weighted by Gasteiger charge is -2.28. The number of hydrogen-bond acceptors (Lipinski definition) is 1. The van der Waals surface area contributed by atoms with Crippen LogP contribution in [-0.2, 0) is 5.41 Å². The zero-order valence-corrected chi connectivity index (χ0v) is 28.3. The summed E-state index contributed by atoms with van der Waals surface area (Å²) in [5, 5.41) is 2.52. The van der Waals surface area contributed by atoms with Crippen LogP contribution in [0.4, 0.5) is 17.1 Å². The quantitative estimate of drug-likeness (QED) is 0.175. The third-order valence-corrected chi connectivity index (χ3v) is 10.5. The number of hydrogen-bond donors (Lipinski definition) is 0. The van der Waals surface area contributed by atoms with Crippen molar-refractivity contribution in [3.63, 3.8) is 0 Å². The van der Waals surface area contributed by atoms with E-state index in [1.807, 2.05) is 0 Å². The molecule has 0 radical (unpaired) electrons. The molecule has 50 heavy (non-hydrogen) atoms. The van der Waals surface area contributed by atoms with Gasteiger partial charge < -0.3 is 4.90 Å². The van der Waals surface area contributed by atoms with E-state index in [9.17, 15) is 0 Å². The largest absolute Gasteiger partial charge is 0.310 e. The van der Waals surface area contributed by atoms with Crippen LogP contribution in [0.15, 0.2) is 188 Å². The molecule has 0 spiro atoms. The Balaban J connectivity index is 1.15. The van der Waals surface area contributed by atoms with Gasteiger partial charge in [0.25, 0.3) is 0 Å².